The quantitative estimate of drug-likeness (QED) is 0.769. The van der Waals surface area contributed by atoms with Gasteiger partial charge in [0.05, 0.1) is 12.7 Å². The molecule has 2 rings (SSSR count). The predicted octanol–water partition coefficient (Wildman–Crippen LogP) is 3.04. The van der Waals surface area contributed by atoms with Crippen LogP contribution in [0.25, 0.3) is 0 Å². The predicted molar refractivity (Wildman–Crippen MR) is 77.3 cm³/mol. The minimum absolute atomic E-state index is 0.00295. The van der Waals surface area contributed by atoms with Crippen LogP contribution in [0.3, 0.4) is 0 Å². The largest absolute Gasteiger partial charge is 0.490 e. The molecule has 2 N–H and O–H groups in total. The van der Waals surface area contributed by atoms with Crippen molar-refractivity contribution in [1.82, 2.24) is 5.32 Å². The molecule has 1 aromatic carbocycles. The zero-order valence-electron chi connectivity index (χ0n) is 12.2. The Balaban J connectivity index is 1.89. The van der Waals surface area contributed by atoms with E-state index < -0.39 is 0 Å². The monoisotopic (exact) mass is 281 g/mol. The van der Waals surface area contributed by atoms with Crippen LogP contribution in [-0.2, 0) is 0 Å². The lowest BCUT2D eigenvalue weighted by Crippen LogP contribution is -2.28. The maximum atomic E-state index is 13.9. The summed E-state index contributed by atoms with van der Waals surface area (Å²) in [6.07, 6.45) is 2.74. The number of aliphatic hydroxyl groups excluding tert-OH is 1. The summed E-state index contributed by atoms with van der Waals surface area (Å²) in [6.45, 7) is 5.02. The molecule has 0 spiro atoms. The van der Waals surface area contributed by atoms with Gasteiger partial charge < -0.3 is 15.2 Å². The van der Waals surface area contributed by atoms with Crippen LogP contribution in [-0.4, -0.2) is 24.4 Å². The Morgan fingerprint density at radius 2 is 2.20 bits per heavy atom. The maximum Gasteiger partial charge on any atom is 0.165 e. The zero-order chi connectivity index (χ0) is 14.5. The lowest BCUT2D eigenvalue weighted by Gasteiger charge is -2.17. The molecule has 1 unspecified atom stereocenters. The van der Waals surface area contributed by atoms with Crippen molar-refractivity contribution in [3.63, 3.8) is 0 Å². The second-order valence-electron chi connectivity index (χ2n) is 5.64. The number of aliphatic hydroxyl groups is 1. The molecule has 1 fully saturated rings. The van der Waals surface area contributed by atoms with E-state index in [0.717, 1.165) is 5.56 Å². The van der Waals surface area contributed by atoms with Crippen molar-refractivity contribution >= 4 is 0 Å². The summed E-state index contributed by atoms with van der Waals surface area (Å²) < 4.78 is 19.4. The van der Waals surface area contributed by atoms with E-state index in [4.69, 9.17) is 4.74 Å². The smallest absolute Gasteiger partial charge is 0.165 e. The van der Waals surface area contributed by atoms with Crippen LogP contribution < -0.4 is 10.1 Å². The third-order valence-corrected chi connectivity index (χ3v) is 3.76. The van der Waals surface area contributed by atoms with Gasteiger partial charge in [-0.15, -0.1) is 0 Å². The average molecular weight is 281 g/mol. The van der Waals surface area contributed by atoms with Gasteiger partial charge in [-0.3, -0.25) is 0 Å². The van der Waals surface area contributed by atoms with Crippen molar-refractivity contribution in [1.29, 1.82) is 0 Å². The molecule has 2 atom stereocenters. The molecule has 0 aliphatic heterocycles. The number of ether oxygens (including phenoxy) is 1. The first-order chi connectivity index (χ1) is 9.60. The lowest BCUT2D eigenvalue weighted by atomic mass is 10.1. The molecule has 0 radical (unpaired) electrons. The summed E-state index contributed by atoms with van der Waals surface area (Å²) in [5, 5.41) is 12.7. The van der Waals surface area contributed by atoms with Gasteiger partial charge in [-0.2, -0.15) is 0 Å². The summed E-state index contributed by atoms with van der Waals surface area (Å²) in [5.74, 6) is 0.638. The van der Waals surface area contributed by atoms with Crippen LogP contribution in [0.4, 0.5) is 4.39 Å². The molecule has 112 valence electrons. The van der Waals surface area contributed by atoms with Crippen molar-refractivity contribution in [2.75, 3.05) is 13.2 Å². The number of nitrogens with one attached hydrogen (secondary N) is 1. The molecule has 1 aromatic rings. The Labute approximate surface area is 120 Å². The van der Waals surface area contributed by atoms with Gasteiger partial charge in [0.15, 0.2) is 11.6 Å². The van der Waals surface area contributed by atoms with E-state index >= 15 is 0 Å². The van der Waals surface area contributed by atoms with Crippen LogP contribution in [0.2, 0.25) is 0 Å². The van der Waals surface area contributed by atoms with Crippen LogP contribution in [0.1, 0.15) is 44.7 Å². The molecule has 1 aliphatic rings. The lowest BCUT2D eigenvalue weighted by molar-refractivity contribution is 0.163. The standard InChI is InChI=1S/C16H24FNO2/c1-3-14(19)9-18-11(2)13-6-7-16(15(17)8-13)20-10-12-4-5-12/h6-8,11-12,14,18-19H,3-5,9-10H2,1-2H3/t11?,14-/m1/s1. The molecule has 0 saturated heterocycles. The van der Waals surface area contributed by atoms with Crippen molar-refractivity contribution in [3.05, 3.63) is 29.6 Å². The zero-order valence-corrected chi connectivity index (χ0v) is 12.2. The third-order valence-electron chi connectivity index (χ3n) is 3.76. The second kappa shape index (κ2) is 7.04. The van der Waals surface area contributed by atoms with Gasteiger partial charge in [0.1, 0.15) is 0 Å². The van der Waals surface area contributed by atoms with E-state index in [1.54, 1.807) is 6.07 Å². The molecule has 0 bridgehead atoms. The molecule has 1 saturated carbocycles. The maximum absolute atomic E-state index is 13.9. The number of benzene rings is 1. The second-order valence-corrected chi connectivity index (χ2v) is 5.64. The minimum Gasteiger partial charge on any atom is -0.490 e. The molecule has 0 amide bonds. The third kappa shape index (κ3) is 4.46. The van der Waals surface area contributed by atoms with E-state index in [2.05, 4.69) is 5.32 Å². The van der Waals surface area contributed by atoms with E-state index in [0.29, 0.717) is 31.2 Å². The van der Waals surface area contributed by atoms with Crippen LogP contribution in [0.5, 0.6) is 5.75 Å². The molecular weight excluding hydrogens is 257 g/mol. The molecule has 1 aliphatic carbocycles. The highest BCUT2D eigenvalue weighted by atomic mass is 19.1. The van der Waals surface area contributed by atoms with Crippen molar-refractivity contribution in [2.24, 2.45) is 5.92 Å². The van der Waals surface area contributed by atoms with Crippen LogP contribution >= 0.6 is 0 Å². The topological polar surface area (TPSA) is 41.5 Å². The highest BCUT2D eigenvalue weighted by Gasteiger charge is 2.22. The summed E-state index contributed by atoms with van der Waals surface area (Å²) in [6, 6.07) is 5.09. The van der Waals surface area contributed by atoms with Crippen molar-refractivity contribution in [2.45, 2.75) is 45.3 Å². The first kappa shape index (κ1) is 15.3. The number of hydrogen-bond donors (Lipinski definition) is 2. The number of hydrogen-bond acceptors (Lipinski definition) is 3. The first-order valence-corrected chi connectivity index (χ1v) is 7.43. The Kier molecular flexibility index (Phi) is 5.38. The van der Waals surface area contributed by atoms with Gasteiger partial charge in [0, 0.05) is 12.6 Å². The van der Waals surface area contributed by atoms with Crippen molar-refractivity contribution < 1.29 is 14.2 Å². The fraction of sp³-hybridized carbons (Fsp3) is 0.625. The molecule has 20 heavy (non-hydrogen) atoms. The molecule has 4 heteroatoms. The number of rotatable bonds is 8. The van der Waals surface area contributed by atoms with E-state index in [1.807, 2.05) is 19.9 Å². The van der Waals surface area contributed by atoms with Gasteiger partial charge in [0.2, 0.25) is 0 Å². The van der Waals surface area contributed by atoms with Gasteiger partial charge >= 0.3 is 0 Å². The summed E-state index contributed by atoms with van der Waals surface area (Å²) in [4.78, 5) is 0. The SMILES string of the molecule is CC[C@@H](O)CNC(C)c1ccc(OCC2CC2)c(F)c1. The van der Waals surface area contributed by atoms with Gasteiger partial charge in [-0.05, 0) is 49.8 Å². The van der Waals surface area contributed by atoms with Gasteiger partial charge in [0.25, 0.3) is 0 Å². The molecular formula is C16H24FNO2. The molecule has 3 nitrogen and oxygen atoms in total. The molecule has 0 heterocycles. The first-order valence-electron chi connectivity index (χ1n) is 7.43. The molecule has 0 aromatic heterocycles. The summed E-state index contributed by atoms with van der Waals surface area (Å²) in [5.41, 5.74) is 0.865. The highest BCUT2D eigenvalue weighted by molar-refractivity contribution is 5.31. The average Bonchev–Trinajstić information content (AvgIpc) is 3.27. The minimum atomic E-state index is -0.358. The normalized spacial score (nSPS) is 17.8. The Morgan fingerprint density at radius 3 is 2.80 bits per heavy atom. The Hall–Kier alpha value is -1.13. The fourth-order valence-electron chi connectivity index (χ4n) is 1.97. The summed E-state index contributed by atoms with van der Waals surface area (Å²) in [7, 11) is 0. The van der Waals surface area contributed by atoms with E-state index in [1.165, 1.54) is 18.9 Å². The Morgan fingerprint density at radius 1 is 1.45 bits per heavy atom. The van der Waals surface area contributed by atoms with Gasteiger partial charge in [-0.1, -0.05) is 13.0 Å². The number of halogens is 1. The highest BCUT2D eigenvalue weighted by Crippen LogP contribution is 2.30. The fourth-order valence-corrected chi connectivity index (χ4v) is 1.97. The summed E-state index contributed by atoms with van der Waals surface area (Å²) >= 11 is 0. The van der Waals surface area contributed by atoms with E-state index in [9.17, 15) is 9.50 Å². The van der Waals surface area contributed by atoms with Gasteiger partial charge in [-0.25, -0.2) is 4.39 Å². The van der Waals surface area contributed by atoms with E-state index in [-0.39, 0.29) is 18.0 Å². The van der Waals surface area contributed by atoms with Crippen LogP contribution in [0, 0.1) is 11.7 Å². The Bertz CT molecular complexity index is 434. The van der Waals surface area contributed by atoms with Crippen LogP contribution in [0.15, 0.2) is 18.2 Å². The van der Waals surface area contributed by atoms with Crippen molar-refractivity contribution in [3.8, 4) is 5.75 Å².